The minimum Gasteiger partial charge on any atom is -0.456 e. The Hall–Kier alpha value is -2.14. The van der Waals surface area contributed by atoms with Gasteiger partial charge >= 0.3 is 35.6 Å². The minimum absolute atomic E-state index is 0.520. The second-order valence-corrected chi connectivity index (χ2v) is 5.27. The lowest BCUT2D eigenvalue weighted by Gasteiger charge is -2.36. The molecule has 0 radical (unpaired) electrons. The van der Waals surface area contributed by atoms with Crippen LogP contribution in [0.25, 0.3) is 0 Å². The molecule has 0 bridgehead atoms. The summed E-state index contributed by atoms with van der Waals surface area (Å²) in [5, 5.41) is 0. The van der Waals surface area contributed by atoms with Crippen molar-refractivity contribution in [2.75, 3.05) is 13.2 Å². The lowest BCUT2D eigenvalue weighted by molar-refractivity contribution is -0.374. The predicted molar refractivity (Wildman–Crippen MR) is 71.3 cm³/mol. The van der Waals surface area contributed by atoms with Gasteiger partial charge in [0.05, 0.1) is 0 Å². The normalized spacial score (nSPS) is 13.2. The van der Waals surface area contributed by atoms with Crippen LogP contribution < -0.4 is 0 Å². The van der Waals surface area contributed by atoms with Crippen LogP contribution in [0.4, 0.5) is 35.1 Å². The second-order valence-electron chi connectivity index (χ2n) is 5.27. The highest BCUT2D eigenvalue weighted by Gasteiger charge is 2.81. The van der Waals surface area contributed by atoms with Gasteiger partial charge in [0.2, 0.25) is 0 Å². The largest absolute Gasteiger partial charge is 0.456 e. The fourth-order valence-corrected chi connectivity index (χ4v) is 1.20. The van der Waals surface area contributed by atoms with E-state index in [1.807, 2.05) is 0 Å². The molecule has 4 nitrogen and oxygen atoms in total. The van der Waals surface area contributed by atoms with E-state index in [9.17, 15) is 44.7 Å². The lowest BCUT2D eigenvalue weighted by Crippen LogP contribution is -2.64. The van der Waals surface area contributed by atoms with Crippen molar-refractivity contribution in [3.63, 3.8) is 0 Å². The van der Waals surface area contributed by atoms with Crippen molar-refractivity contribution in [1.29, 1.82) is 0 Å². The first-order chi connectivity index (χ1) is 11.4. The Morgan fingerprint density at radius 1 is 0.692 bits per heavy atom. The van der Waals surface area contributed by atoms with Gasteiger partial charge in [-0.2, -0.15) is 35.1 Å². The molecule has 0 amide bonds. The molecule has 150 valence electrons. The Labute approximate surface area is 142 Å². The van der Waals surface area contributed by atoms with Crippen LogP contribution in [0.1, 0.15) is 13.8 Å². The summed E-state index contributed by atoms with van der Waals surface area (Å²) in [7, 11) is 0. The number of carbonyl (C=O) groups is 2. The van der Waals surface area contributed by atoms with Gasteiger partial charge in [-0.3, -0.25) is 0 Å². The van der Waals surface area contributed by atoms with E-state index in [1.165, 1.54) is 0 Å². The number of carbonyl (C=O) groups excluding carboxylic acids is 2. The third-order valence-corrected chi connectivity index (χ3v) is 2.78. The maximum atomic E-state index is 13.5. The smallest absolute Gasteiger partial charge is 0.381 e. The van der Waals surface area contributed by atoms with Crippen molar-refractivity contribution in [1.82, 2.24) is 0 Å². The van der Waals surface area contributed by atoms with Gasteiger partial charge in [-0.15, -0.1) is 0 Å². The molecular weight excluding hydrogens is 384 g/mol. The molecule has 0 heterocycles. The second kappa shape index (κ2) is 7.62. The summed E-state index contributed by atoms with van der Waals surface area (Å²) in [6, 6.07) is 0. The molecule has 0 N–H and O–H groups in total. The summed E-state index contributed by atoms with van der Waals surface area (Å²) in [6.45, 7) is 2.53. The van der Waals surface area contributed by atoms with Crippen molar-refractivity contribution in [2.24, 2.45) is 0 Å². The highest BCUT2D eigenvalue weighted by molar-refractivity contribution is 5.87. The quantitative estimate of drug-likeness (QED) is 0.337. The molecule has 26 heavy (non-hydrogen) atoms. The molecule has 0 unspecified atom stereocenters. The number of hydrogen-bond acceptors (Lipinski definition) is 4. The summed E-state index contributed by atoms with van der Waals surface area (Å²) in [6.07, 6.45) is 0. The molecule has 0 atom stereocenters. The molecule has 0 spiro atoms. The van der Waals surface area contributed by atoms with Crippen LogP contribution in [0.5, 0.6) is 0 Å². The van der Waals surface area contributed by atoms with Crippen molar-refractivity contribution in [3.8, 4) is 0 Å². The van der Waals surface area contributed by atoms with Gasteiger partial charge in [-0.05, 0) is 13.8 Å². The zero-order valence-corrected chi connectivity index (χ0v) is 13.5. The minimum atomic E-state index is -6.66. The number of esters is 2. The summed E-state index contributed by atoms with van der Waals surface area (Å²) in [5.74, 6) is -28.3. The van der Waals surface area contributed by atoms with E-state index in [2.05, 4.69) is 22.6 Å². The number of rotatable bonds is 9. The summed E-state index contributed by atoms with van der Waals surface area (Å²) < 4.78 is 115. The molecule has 0 aliphatic heterocycles. The van der Waals surface area contributed by atoms with Crippen LogP contribution in [0.3, 0.4) is 0 Å². The van der Waals surface area contributed by atoms with E-state index in [-0.39, 0.29) is 0 Å². The van der Waals surface area contributed by atoms with E-state index in [0.717, 1.165) is 13.8 Å². The third-order valence-electron chi connectivity index (χ3n) is 2.78. The maximum absolute atomic E-state index is 13.5. The van der Waals surface area contributed by atoms with Crippen LogP contribution in [-0.4, -0.2) is 48.8 Å². The number of halogens is 8. The Bertz CT molecular complexity index is 546. The molecule has 0 fully saturated rings. The highest BCUT2D eigenvalue weighted by atomic mass is 19.4. The van der Waals surface area contributed by atoms with Crippen LogP contribution >= 0.6 is 0 Å². The molecular formula is C14H14F8O4. The van der Waals surface area contributed by atoms with Crippen molar-refractivity contribution < 1.29 is 54.2 Å². The third kappa shape index (κ3) is 4.73. The topological polar surface area (TPSA) is 52.6 Å². The maximum Gasteiger partial charge on any atom is 0.381 e. The summed E-state index contributed by atoms with van der Waals surface area (Å²) in [4.78, 5) is 21.8. The van der Waals surface area contributed by atoms with Crippen molar-refractivity contribution >= 4 is 11.9 Å². The Morgan fingerprint density at radius 3 is 1.12 bits per heavy atom. The van der Waals surface area contributed by atoms with Crippen molar-refractivity contribution in [2.45, 2.75) is 37.5 Å². The van der Waals surface area contributed by atoms with Gasteiger partial charge in [0.1, 0.15) is 0 Å². The lowest BCUT2D eigenvalue weighted by atomic mass is 9.99. The molecule has 0 aromatic heterocycles. The summed E-state index contributed by atoms with van der Waals surface area (Å²) in [5.41, 5.74) is -1.04. The highest BCUT2D eigenvalue weighted by Crippen LogP contribution is 2.52. The standard InChI is InChI=1S/C14H14F8O4/c1-7(2)9(23)25-5-11(15,16)13(19,20)14(21,22)12(17,18)6-26-10(24)8(3)4/h1,3,5-6H2,2,4H3. The average molecular weight is 398 g/mol. The van der Waals surface area contributed by atoms with E-state index in [1.54, 1.807) is 0 Å². The Kier molecular flexibility index (Phi) is 6.99. The predicted octanol–water partition coefficient (Wildman–Crippen LogP) is 3.77. The van der Waals surface area contributed by atoms with Gasteiger partial charge in [0.15, 0.2) is 13.2 Å². The van der Waals surface area contributed by atoms with E-state index >= 15 is 0 Å². The van der Waals surface area contributed by atoms with Crippen LogP contribution in [0, 0.1) is 0 Å². The van der Waals surface area contributed by atoms with Gasteiger partial charge in [-0.25, -0.2) is 9.59 Å². The molecule has 0 rings (SSSR count). The first-order valence-electron chi connectivity index (χ1n) is 6.57. The fourth-order valence-electron chi connectivity index (χ4n) is 1.20. The SMILES string of the molecule is C=C(C)C(=O)OCC(F)(F)C(F)(F)C(F)(F)C(F)(F)COC(=O)C(=C)C. The molecule has 0 aromatic rings. The molecule has 0 aliphatic rings. The van der Waals surface area contributed by atoms with E-state index < -0.39 is 60.0 Å². The molecule has 12 heteroatoms. The van der Waals surface area contributed by atoms with Crippen LogP contribution in [0.2, 0.25) is 0 Å². The van der Waals surface area contributed by atoms with E-state index in [4.69, 9.17) is 0 Å². The van der Waals surface area contributed by atoms with Gasteiger partial charge in [0, 0.05) is 11.1 Å². The average Bonchev–Trinajstić information content (AvgIpc) is 2.49. The Morgan fingerprint density at radius 2 is 0.923 bits per heavy atom. The molecule has 0 aromatic carbocycles. The van der Waals surface area contributed by atoms with Gasteiger partial charge < -0.3 is 9.47 Å². The number of ether oxygens (including phenoxy) is 2. The summed E-state index contributed by atoms with van der Waals surface area (Å²) >= 11 is 0. The van der Waals surface area contributed by atoms with Crippen LogP contribution in [0.15, 0.2) is 24.3 Å². The zero-order chi connectivity index (χ0) is 21.1. The zero-order valence-electron chi connectivity index (χ0n) is 13.5. The monoisotopic (exact) mass is 398 g/mol. The number of alkyl halides is 8. The van der Waals surface area contributed by atoms with Crippen LogP contribution in [-0.2, 0) is 19.1 Å². The molecule has 0 saturated heterocycles. The first-order valence-corrected chi connectivity index (χ1v) is 6.57. The molecule has 0 aliphatic carbocycles. The first kappa shape index (κ1) is 23.9. The van der Waals surface area contributed by atoms with Gasteiger partial charge in [-0.1, -0.05) is 13.2 Å². The Balaban J connectivity index is 5.48. The fraction of sp³-hybridized carbons (Fsp3) is 0.571. The van der Waals surface area contributed by atoms with Gasteiger partial charge in [0.25, 0.3) is 0 Å². The van der Waals surface area contributed by atoms with E-state index in [0.29, 0.717) is 0 Å². The van der Waals surface area contributed by atoms with Crippen molar-refractivity contribution in [3.05, 3.63) is 24.3 Å². The number of hydrogen-bond donors (Lipinski definition) is 0. The molecule has 0 saturated carbocycles.